The molecule has 0 saturated carbocycles. The lowest BCUT2D eigenvalue weighted by molar-refractivity contribution is 0.242. The Balaban J connectivity index is 1.35. The van der Waals surface area contributed by atoms with Crippen molar-refractivity contribution in [2.75, 3.05) is 6.54 Å². The van der Waals surface area contributed by atoms with Crippen LogP contribution in [-0.4, -0.2) is 31.2 Å². The lowest BCUT2D eigenvalue weighted by Crippen LogP contribution is -2.31. The molecule has 3 heterocycles. The molecule has 0 saturated heterocycles. The first kappa shape index (κ1) is 20.2. The van der Waals surface area contributed by atoms with Gasteiger partial charge in [0, 0.05) is 54.0 Å². The van der Waals surface area contributed by atoms with E-state index in [4.69, 9.17) is 28.2 Å². The van der Waals surface area contributed by atoms with Gasteiger partial charge in [0.1, 0.15) is 5.15 Å². The standard InChI is InChI=1S/C24H21Cl2N5/c1-16-21(23(26)31(29-16)20-5-3-2-4-6-20)15-30-12-11-22-18(14-30)13-27-24(28-22)17-7-9-19(25)10-8-17/h2-10,13H,11-12,14-15H2,1H3. The fourth-order valence-electron chi connectivity index (χ4n) is 3.92. The molecule has 7 heteroatoms. The molecule has 0 atom stereocenters. The summed E-state index contributed by atoms with van der Waals surface area (Å²) in [6.07, 6.45) is 2.82. The van der Waals surface area contributed by atoms with Gasteiger partial charge in [0.05, 0.1) is 17.1 Å². The summed E-state index contributed by atoms with van der Waals surface area (Å²) in [7, 11) is 0. The van der Waals surface area contributed by atoms with Crippen molar-refractivity contribution in [3.63, 3.8) is 0 Å². The Kier molecular flexibility index (Phi) is 5.48. The predicted molar refractivity (Wildman–Crippen MR) is 124 cm³/mol. The molecule has 0 unspecified atom stereocenters. The number of aromatic nitrogens is 4. The predicted octanol–water partition coefficient (Wildman–Crippen LogP) is 5.50. The van der Waals surface area contributed by atoms with E-state index in [1.165, 1.54) is 0 Å². The molecule has 2 aromatic heterocycles. The van der Waals surface area contributed by atoms with Gasteiger partial charge in [-0.25, -0.2) is 14.6 Å². The molecule has 0 bridgehead atoms. The second-order valence-electron chi connectivity index (χ2n) is 7.74. The molecule has 2 aromatic carbocycles. The lowest BCUT2D eigenvalue weighted by Gasteiger charge is -2.28. The van der Waals surface area contributed by atoms with Crippen LogP contribution >= 0.6 is 23.2 Å². The molecule has 0 fully saturated rings. The van der Waals surface area contributed by atoms with Gasteiger partial charge in [0.15, 0.2) is 5.82 Å². The highest BCUT2D eigenvalue weighted by atomic mass is 35.5. The first-order valence-corrected chi connectivity index (χ1v) is 11.0. The summed E-state index contributed by atoms with van der Waals surface area (Å²) in [5.74, 6) is 0.742. The number of para-hydroxylation sites is 1. The summed E-state index contributed by atoms with van der Waals surface area (Å²) in [4.78, 5) is 11.8. The highest BCUT2D eigenvalue weighted by Crippen LogP contribution is 2.28. The zero-order valence-corrected chi connectivity index (χ0v) is 18.6. The van der Waals surface area contributed by atoms with Crippen LogP contribution in [-0.2, 0) is 19.5 Å². The summed E-state index contributed by atoms with van der Waals surface area (Å²) in [6.45, 7) is 4.47. The van der Waals surface area contributed by atoms with E-state index in [1.54, 1.807) is 0 Å². The Morgan fingerprint density at radius 3 is 2.55 bits per heavy atom. The molecular formula is C24H21Cl2N5. The van der Waals surface area contributed by atoms with E-state index in [1.807, 2.05) is 72.4 Å². The summed E-state index contributed by atoms with van der Waals surface area (Å²) in [5, 5.41) is 6.05. The van der Waals surface area contributed by atoms with E-state index in [0.717, 1.165) is 65.6 Å². The van der Waals surface area contributed by atoms with Crippen molar-refractivity contribution < 1.29 is 0 Å². The van der Waals surface area contributed by atoms with Crippen LogP contribution in [0, 0.1) is 6.92 Å². The van der Waals surface area contributed by atoms with Gasteiger partial charge >= 0.3 is 0 Å². The van der Waals surface area contributed by atoms with Gasteiger partial charge in [0.25, 0.3) is 0 Å². The van der Waals surface area contributed by atoms with Gasteiger partial charge in [-0.3, -0.25) is 4.90 Å². The first-order valence-electron chi connectivity index (χ1n) is 10.2. The average molecular weight is 450 g/mol. The van der Waals surface area contributed by atoms with Gasteiger partial charge in [-0.05, 0) is 43.3 Å². The van der Waals surface area contributed by atoms with Crippen molar-refractivity contribution in [1.82, 2.24) is 24.6 Å². The maximum absolute atomic E-state index is 6.72. The largest absolute Gasteiger partial charge is 0.294 e. The number of halogens is 2. The zero-order chi connectivity index (χ0) is 21.4. The summed E-state index contributed by atoms with van der Waals surface area (Å²) in [5.41, 5.74) is 6.23. The third-order valence-electron chi connectivity index (χ3n) is 5.62. The third-order valence-corrected chi connectivity index (χ3v) is 6.26. The van der Waals surface area contributed by atoms with Gasteiger partial charge in [0.2, 0.25) is 0 Å². The van der Waals surface area contributed by atoms with Crippen LogP contribution in [0.15, 0.2) is 60.8 Å². The maximum Gasteiger partial charge on any atom is 0.159 e. The van der Waals surface area contributed by atoms with Gasteiger partial charge in [-0.1, -0.05) is 41.4 Å². The molecule has 0 amide bonds. The lowest BCUT2D eigenvalue weighted by atomic mass is 10.1. The van der Waals surface area contributed by atoms with Crippen LogP contribution in [0.3, 0.4) is 0 Å². The Labute approximate surface area is 191 Å². The summed E-state index contributed by atoms with van der Waals surface area (Å²) < 4.78 is 1.81. The maximum atomic E-state index is 6.72. The highest BCUT2D eigenvalue weighted by Gasteiger charge is 2.22. The van der Waals surface area contributed by atoms with Gasteiger partial charge < -0.3 is 0 Å². The zero-order valence-electron chi connectivity index (χ0n) is 17.1. The average Bonchev–Trinajstić information content (AvgIpc) is 3.08. The fourth-order valence-corrected chi connectivity index (χ4v) is 4.38. The van der Waals surface area contributed by atoms with Crippen molar-refractivity contribution in [1.29, 1.82) is 0 Å². The SMILES string of the molecule is Cc1nn(-c2ccccc2)c(Cl)c1CN1CCc2nc(-c3ccc(Cl)cc3)ncc2C1. The number of benzene rings is 2. The van der Waals surface area contributed by atoms with Crippen LogP contribution in [0.2, 0.25) is 10.2 Å². The number of nitrogens with zero attached hydrogens (tertiary/aromatic N) is 5. The number of fused-ring (bicyclic) bond motifs is 1. The molecule has 4 aromatic rings. The fraction of sp³-hybridized carbons (Fsp3) is 0.208. The molecule has 1 aliphatic rings. The van der Waals surface area contributed by atoms with Crippen LogP contribution in [0.5, 0.6) is 0 Å². The smallest absolute Gasteiger partial charge is 0.159 e. The molecule has 156 valence electrons. The molecule has 1 aliphatic heterocycles. The Hall–Kier alpha value is -2.73. The van der Waals surface area contributed by atoms with Crippen molar-refractivity contribution in [3.05, 3.63) is 93.5 Å². The van der Waals surface area contributed by atoms with Crippen molar-refractivity contribution in [2.24, 2.45) is 0 Å². The van der Waals surface area contributed by atoms with E-state index in [-0.39, 0.29) is 0 Å². The minimum atomic E-state index is 0.670. The van der Waals surface area contributed by atoms with E-state index in [0.29, 0.717) is 10.2 Å². The monoisotopic (exact) mass is 449 g/mol. The van der Waals surface area contributed by atoms with Crippen LogP contribution in [0.4, 0.5) is 0 Å². The topological polar surface area (TPSA) is 46.8 Å². The van der Waals surface area contributed by atoms with Crippen LogP contribution in [0.25, 0.3) is 17.1 Å². The second-order valence-corrected chi connectivity index (χ2v) is 8.53. The minimum Gasteiger partial charge on any atom is -0.294 e. The van der Waals surface area contributed by atoms with E-state index in [2.05, 4.69) is 15.0 Å². The molecule has 5 nitrogen and oxygen atoms in total. The van der Waals surface area contributed by atoms with Crippen molar-refractivity contribution >= 4 is 23.2 Å². The molecule has 0 N–H and O–H groups in total. The molecule has 0 aliphatic carbocycles. The number of aryl methyl sites for hydroxylation is 1. The molecule has 0 radical (unpaired) electrons. The highest BCUT2D eigenvalue weighted by molar-refractivity contribution is 6.31. The number of rotatable bonds is 4. The Morgan fingerprint density at radius 2 is 1.77 bits per heavy atom. The minimum absolute atomic E-state index is 0.670. The molecular weight excluding hydrogens is 429 g/mol. The quantitative estimate of drug-likeness (QED) is 0.412. The van der Waals surface area contributed by atoms with Crippen LogP contribution in [0.1, 0.15) is 22.5 Å². The van der Waals surface area contributed by atoms with Crippen molar-refractivity contribution in [3.8, 4) is 17.1 Å². The van der Waals surface area contributed by atoms with Crippen LogP contribution < -0.4 is 0 Å². The first-order chi connectivity index (χ1) is 15.1. The summed E-state index contributed by atoms with van der Waals surface area (Å²) >= 11 is 12.7. The number of hydrogen-bond donors (Lipinski definition) is 0. The second kappa shape index (κ2) is 8.42. The van der Waals surface area contributed by atoms with E-state index < -0.39 is 0 Å². The summed E-state index contributed by atoms with van der Waals surface area (Å²) in [6, 6.07) is 17.6. The van der Waals surface area contributed by atoms with Gasteiger partial charge in [-0.15, -0.1) is 0 Å². The van der Waals surface area contributed by atoms with E-state index in [9.17, 15) is 0 Å². The van der Waals surface area contributed by atoms with Gasteiger partial charge in [-0.2, -0.15) is 5.10 Å². The number of hydrogen-bond acceptors (Lipinski definition) is 4. The molecule has 5 rings (SSSR count). The van der Waals surface area contributed by atoms with Crippen molar-refractivity contribution in [2.45, 2.75) is 26.4 Å². The third kappa shape index (κ3) is 4.09. The van der Waals surface area contributed by atoms with E-state index >= 15 is 0 Å². The normalized spacial score (nSPS) is 13.9. The molecule has 0 spiro atoms. The Morgan fingerprint density at radius 1 is 1.00 bits per heavy atom. The Bertz CT molecular complexity index is 1220. The molecule has 31 heavy (non-hydrogen) atoms.